The van der Waals surface area contributed by atoms with Crippen molar-refractivity contribution < 1.29 is 15.0 Å². The third kappa shape index (κ3) is 2.51. The van der Waals surface area contributed by atoms with E-state index in [9.17, 15) is 15.0 Å². The fourth-order valence-electron chi connectivity index (χ4n) is 2.69. The summed E-state index contributed by atoms with van der Waals surface area (Å²) in [4.78, 5) is 14.5. The Bertz CT molecular complexity index is 479. The Morgan fingerprint density at radius 1 is 1.21 bits per heavy atom. The van der Waals surface area contributed by atoms with Gasteiger partial charge in [0.2, 0.25) is 0 Å². The predicted molar refractivity (Wildman–Crippen MR) is 70.2 cm³/mol. The van der Waals surface area contributed by atoms with E-state index in [1.54, 1.807) is 0 Å². The molecule has 19 heavy (non-hydrogen) atoms. The van der Waals surface area contributed by atoms with Gasteiger partial charge in [-0.3, -0.25) is 9.69 Å². The number of nitrogens with one attached hydrogen (secondary N) is 1. The van der Waals surface area contributed by atoms with Crippen LogP contribution in [0.15, 0.2) is 18.2 Å². The Morgan fingerprint density at radius 2 is 1.89 bits per heavy atom. The highest BCUT2D eigenvalue weighted by atomic mass is 16.3. The van der Waals surface area contributed by atoms with Gasteiger partial charge in [0.1, 0.15) is 17.1 Å². The largest absolute Gasteiger partial charge is 0.507 e. The zero-order valence-corrected chi connectivity index (χ0v) is 10.7. The minimum absolute atomic E-state index is 0.0348. The molecule has 0 bridgehead atoms. The molecule has 102 valence electrons. The summed E-state index contributed by atoms with van der Waals surface area (Å²) in [5, 5.41) is 22.2. The molecule has 1 aliphatic heterocycles. The van der Waals surface area contributed by atoms with Gasteiger partial charge in [-0.1, -0.05) is 6.07 Å². The zero-order chi connectivity index (χ0) is 13.4. The smallest absolute Gasteiger partial charge is 0.259 e. The Hall–Kier alpha value is -1.75. The van der Waals surface area contributed by atoms with E-state index in [0.717, 1.165) is 19.5 Å². The van der Waals surface area contributed by atoms with Crippen LogP contribution in [0.2, 0.25) is 0 Å². The summed E-state index contributed by atoms with van der Waals surface area (Å²) >= 11 is 0. The van der Waals surface area contributed by atoms with Crippen LogP contribution in [0.1, 0.15) is 29.6 Å². The normalized spacial score (nSPS) is 23.5. The molecule has 0 aromatic heterocycles. The van der Waals surface area contributed by atoms with Crippen molar-refractivity contribution in [2.24, 2.45) is 0 Å². The van der Waals surface area contributed by atoms with Gasteiger partial charge in [0, 0.05) is 25.2 Å². The molecule has 1 unspecified atom stereocenters. The molecule has 1 aliphatic carbocycles. The number of hydrogen-bond donors (Lipinski definition) is 3. The van der Waals surface area contributed by atoms with Crippen LogP contribution in [0.25, 0.3) is 0 Å². The third-order valence-corrected chi connectivity index (χ3v) is 3.87. The summed E-state index contributed by atoms with van der Waals surface area (Å²) in [6, 6.07) is 5.12. The van der Waals surface area contributed by atoms with E-state index in [1.807, 2.05) is 0 Å². The van der Waals surface area contributed by atoms with Crippen molar-refractivity contribution in [3.63, 3.8) is 0 Å². The number of rotatable bonds is 3. The van der Waals surface area contributed by atoms with Gasteiger partial charge in [-0.2, -0.15) is 0 Å². The van der Waals surface area contributed by atoms with E-state index in [0.29, 0.717) is 6.04 Å². The van der Waals surface area contributed by atoms with Gasteiger partial charge in [-0.05, 0) is 31.4 Å². The van der Waals surface area contributed by atoms with Gasteiger partial charge in [-0.15, -0.1) is 0 Å². The molecule has 1 amide bonds. The molecular weight excluding hydrogens is 244 g/mol. The van der Waals surface area contributed by atoms with Crippen LogP contribution >= 0.6 is 0 Å². The van der Waals surface area contributed by atoms with E-state index in [2.05, 4.69) is 10.2 Å². The fourth-order valence-corrected chi connectivity index (χ4v) is 2.69. The maximum Gasteiger partial charge on any atom is 0.259 e. The number of amides is 1. The molecule has 2 aliphatic rings. The number of likely N-dealkylation sites (tertiary alicyclic amines) is 1. The summed E-state index contributed by atoms with van der Waals surface area (Å²) in [6.07, 6.45) is 3.46. The minimum atomic E-state index is -0.404. The van der Waals surface area contributed by atoms with Crippen molar-refractivity contribution in [2.45, 2.75) is 31.3 Å². The molecule has 1 saturated heterocycles. The fraction of sp³-hybridized carbons (Fsp3) is 0.500. The summed E-state index contributed by atoms with van der Waals surface area (Å²) in [5.74, 6) is -0.776. The lowest BCUT2D eigenvalue weighted by atomic mass is 10.1. The highest BCUT2D eigenvalue weighted by Crippen LogP contribution is 2.30. The van der Waals surface area contributed by atoms with Crippen molar-refractivity contribution in [3.05, 3.63) is 23.8 Å². The lowest BCUT2D eigenvalue weighted by Gasteiger charge is -2.16. The van der Waals surface area contributed by atoms with Crippen LogP contribution in [0.3, 0.4) is 0 Å². The monoisotopic (exact) mass is 262 g/mol. The van der Waals surface area contributed by atoms with Gasteiger partial charge >= 0.3 is 0 Å². The molecule has 1 aromatic rings. The first-order valence-corrected chi connectivity index (χ1v) is 6.71. The number of phenolic OH excluding ortho intramolecular Hbond substituents is 2. The topological polar surface area (TPSA) is 72.8 Å². The first-order chi connectivity index (χ1) is 9.15. The van der Waals surface area contributed by atoms with Crippen LogP contribution in [0.4, 0.5) is 0 Å². The predicted octanol–water partition coefficient (Wildman–Crippen LogP) is 1.06. The molecule has 5 nitrogen and oxygen atoms in total. The lowest BCUT2D eigenvalue weighted by Crippen LogP contribution is -2.37. The van der Waals surface area contributed by atoms with Crippen molar-refractivity contribution >= 4 is 5.91 Å². The maximum absolute atomic E-state index is 12.1. The first-order valence-electron chi connectivity index (χ1n) is 6.71. The van der Waals surface area contributed by atoms with Crippen molar-refractivity contribution in [1.82, 2.24) is 10.2 Å². The van der Waals surface area contributed by atoms with Crippen molar-refractivity contribution in [1.29, 1.82) is 0 Å². The Labute approximate surface area is 111 Å². The molecular formula is C14H18N2O3. The van der Waals surface area contributed by atoms with Gasteiger partial charge < -0.3 is 15.5 Å². The van der Waals surface area contributed by atoms with E-state index in [4.69, 9.17) is 0 Å². The van der Waals surface area contributed by atoms with Crippen LogP contribution < -0.4 is 5.32 Å². The van der Waals surface area contributed by atoms with Gasteiger partial charge in [0.05, 0.1) is 0 Å². The lowest BCUT2D eigenvalue weighted by molar-refractivity contribution is 0.0932. The summed E-state index contributed by atoms with van der Waals surface area (Å²) in [6.45, 7) is 1.88. The molecule has 3 rings (SSSR count). The van der Waals surface area contributed by atoms with E-state index < -0.39 is 5.91 Å². The molecule has 1 aromatic carbocycles. The second-order valence-corrected chi connectivity index (χ2v) is 5.36. The quantitative estimate of drug-likeness (QED) is 0.761. The van der Waals surface area contributed by atoms with Crippen LogP contribution in [0, 0.1) is 0 Å². The summed E-state index contributed by atoms with van der Waals surface area (Å²) < 4.78 is 0. The standard InChI is InChI=1S/C14H18N2O3/c17-11-2-1-3-12(18)13(11)14(19)15-9-6-7-16(8-9)10-4-5-10/h1-3,9-10,17-18H,4-8H2,(H,15,19). The maximum atomic E-state index is 12.1. The molecule has 0 radical (unpaired) electrons. The van der Waals surface area contributed by atoms with Crippen LogP contribution in [0.5, 0.6) is 11.5 Å². The second kappa shape index (κ2) is 4.74. The number of phenols is 2. The van der Waals surface area contributed by atoms with Gasteiger partial charge in [0.15, 0.2) is 0 Å². The average Bonchev–Trinajstić information content (AvgIpc) is 3.10. The molecule has 0 spiro atoms. The van der Waals surface area contributed by atoms with Gasteiger partial charge in [0.25, 0.3) is 5.91 Å². The summed E-state index contributed by atoms with van der Waals surface area (Å²) in [7, 11) is 0. The van der Waals surface area contributed by atoms with Crippen molar-refractivity contribution in [3.8, 4) is 11.5 Å². The summed E-state index contributed by atoms with van der Waals surface area (Å²) in [5.41, 5.74) is -0.0348. The minimum Gasteiger partial charge on any atom is -0.507 e. The number of aromatic hydroxyl groups is 2. The SMILES string of the molecule is O=C(NC1CCN(C2CC2)C1)c1c(O)cccc1O. The number of nitrogens with zero attached hydrogens (tertiary/aromatic N) is 1. The third-order valence-electron chi connectivity index (χ3n) is 3.87. The zero-order valence-electron chi connectivity index (χ0n) is 10.7. The number of benzene rings is 1. The molecule has 1 heterocycles. The van der Waals surface area contributed by atoms with E-state index >= 15 is 0 Å². The van der Waals surface area contributed by atoms with Gasteiger partial charge in [-0.25, -0.2) is 0 Å². The molecule has 3 N–H and O–H groups in total. The molecule has 5 heteroatoms. The van der Waals surface area contributed by atoms with E-state index in [1.165, 1.54) is 31.0 Å². The highest BCUT2D eigenvalue weighted by Gasteiger charge is 2.35. The second-order valence-electron chi connectivity index (χ2n) is 5.36. The van der Waals surface area contributed by atoms with Crippen molar-refractivity contribution in [2.75, 3.05) is 13.1 Å². The number of carbonyl (C=O) groups excluding carboxylic acids is 1. The number of hydrogen-bond acceptors (Lipinski definition) is 4. The average molecular weight is 262 g/mol. The molecule has 1 atom stereocenters. The van der Waals surface area contributed by atoms with Crippen LogP contribution in [-0.4, -0.2) is 46.2 Å². The van der Waals surface area contributed by atoms with E-state index in [-0.39, 0.29) is 23.1 Å². The Balaban J connectivity index is 1.65. The first kappa shape index (κ1) is 12.3. The number of carbonyl (C=O) groups is 1. The Morgan fingerprint density at radius 3 is 2.53 bits per heavy atom. The highest BCUT2D eigenvalue weighted by molar-refractivity contribution is 5.99. The molecule has 1 saturated carbocycles. The Kier molecular flexibility index (Phi) is 3.06. The van der Waals surface area contributed by atoms with Crippen LogP contribution in [-0.2, 0) is 0 Å². The molecule has 2 fully saturated rings.